The summed E-state index contributed by atoms with van der Waals surface area (Å²) >= 11 is 0. The summed E-state index contributed by atoms with van der Waals surface area (Å²) in [6.45, 7) is 6.63. The maximum Gasteiger partial charge on any atom is 0.270 e. The Kier molecular flexibility index (Phi) is 5.32. The molecule has 26 heavy (non-hydrogen) atoms. The maximum absolute atomic E-state index is 12.9. The van der Waals surface area contributed by atoms with Gasteiger partial charge in [0.2, 0.25) is 5.91 Å². The number of hydrogen-bond acceptors (Lipinski definition) is 3. The van der Waals surface area contributed by atoms with Crippen LogP contribution in [0, 0.1) is 5.41 Å². The molecule has 0 spiro atoms. The molecule has 0 radical (unpaired) electrons. The van der Waals surface area contributed by atoms with Crippen molar-refractivity contribution in [2.75, 3.05) is 32.7 Å². The zero-order valence-corrected chi connectivity index (χ0v) is 15.6. The zero-order valence-electron chi connectivity index (χ0n) is 15.6. The second-order valence-electron chi connectivity index (χ2n) is 7.05. The number of carbonyl (C=O) groups excluding carboxylic acids is 2. The Morgan fingerprint density at radius 1 is 1.08 bits per heavy atom. The van der Waals surface area contributed by atoms with Gasteiger partial charge in [0.05, 0.1) is 5.41 Å². The van der Waals surface area contributed by atoms with E-state index in [2.05, 4.69) is 4.98 Å². The average Bonchev–Trinajstić information content (AvgIpc) is 3.13. The van der Waals surface area contributed by atoms with Gasteiger partial charge < -0.3 is 20.5 Å². The van der Waals surface area contributed by atoms with Crippen molar-refractivity contribution in [3.05, 3.63) is 36.0 Å². The van der Waals surface area contributed by atoms with Crippen molar-refractivity contribution in [2.45, 2.75) is 26.7 Å². The average molecular weight is 356 g/mol. The standard InChI is InChI=1S/C20H28N4O2/c1-3-20(4-2,14-21)19(26)24-11-9-23(10-12-24)18(25)17-13-15-7-5-6-8-16(15)22-17/h5-8,13,22H,3-4,9-12,14,21H2,1-2H3. The normalized spacial score (nSPS) is 15.5. The van der Waals surface area contributed by atoms with E-state index in [0.717, 1.165) is 23.7 Å². The van der Waals surface area contributed by atoms with Crippen LogP contribution in [-0.4, -0.2) is 59.3 Å². The Morgan fingerprint density at radius 2 is 1.69 bits per heavy atom. The summed E-state index contributed by atoms with van der Waals surface area (Å²) in [5.74, 6) is 0.118. The first-order valence-electron chi connectivity index (χ1n) is 9.41. The summed E-state index contributed by atoms with van der Waals surface area (Å²) < 4.78 is 0. The van der Waals surface area contributed by atoms with Gasteiger partial charge in [0.1, 0.15) is 5.69 Å². The van der Waals surface area contributed by atoms with Crippen LogP contribution in [0.25, 0.3) is 10.9 Å². The van der Waals surface area contributed by atoms with Crippen molar-refractivity contribution in [1.29, 1.82) is 0 Å². The molecule has 2 amide bonds. The number of piperazine rings is 1. The highest BCUT2D eigenvalue weighted by molar-refractivity contribution is 5.98. The minimum Gasteiger partial charge on any atom is -0.351 e. The van der Waals surface area contributed by atoms with Gasteiger partial charge >= 0.3 is 0 Å². The number of aromatic amines is 1. The Labute approximate surface area is 154 Å². The Hall–Kier alpha value is -2.34. The molecular formula is C20H28N4O2. The number of benzene rings is 1. The summed E-state index contributed by atoms with van der Waals surface area (Å²) in [5, 5.41) is 1.03. The smallest absolute Gasteiger partial charge is 0.270 e. The van der Waals surface area contributed by atoms with Gasteiger partial charge in [-0.25, -0.2) is 0 Å². The molecule has 140 valence electrons. The summed E-state index contributed by atoms with van der Waals surface area (Å²) in [5.41, 5.74) is 7.00. The fourth-order valence-electron chi connectivity index (χ4n) is 3.74. The fraction of sp³-hybridized carbons (Fsp3) is 0.500. The molecule has 0 saturated carbocycles. The van der Waals surface area contributed by atoms with Crippen LogP contribution in [-0.2, 0) is 4.79 Å². The third-order valence-corrected chi connectivity index (χ3v) is 5.81. The predicted molar refractivity (Wildman–Crippen MR) is 103 cm³/mol. The van der Waals surface area contributed by atoms with E-state index < -0.39 is 5.41 Å². The zero-order chi connectivity index (χ0) is 18.7. The number of nitrogens with zero attached hydrogens (tertiary/aromatic N) is 2. The van der Waals surface area contributed by atoms with Crippen LogP contribution in [0.3, 0.4) is 0 Å². The summed E-state index contributed by atoms with van der Waals surface area (Å²) in [6.07, 6.45) is 1.49. The topological polar surface area (TPSA) is 82.4 Å². The van der Waals surface area contributed by atoms with Gasteiger partial charge in [0.15, 0.2) is 0 Å². The van der Waals surface area contributed by atoms with Crippen LogP contribution in [0.2, 0.25) is 0 Å². The molecule has 1 aromatic carbocycles. The van der Waals surface area contributed by atoms with Gasteiger partial charge in [-0.15, -0.1) is 0 Å². The highest BCUT2D eigenvalue weighted by Crippen LogP contribution is 2.28. The highest BCUT2D eigenvalue weighted by Gasteiger charge is 2.38. The number of carbonyl (C=O) groups is 2. The van der Waals surface area contributed by atoms with E-state index in [1.807, 2.05) is 54.0 Å². The number of nitrogens with one attached hydrogen (secondary N) is 1. The third kappa shape index (κ3) is 3.21. The molecule has 6 heteroatoms. The molecular weight excluding hydrogens is 328 g/mol. The molecule has 3 N–H and O–H groups in total. The Balaban J connectivity index is 1.66. The number of hydrogen-bond donors (Lipinski definition) is 2. The van der Waals surface area contributed by atoms with Crippen molar-refractivity contribution >= 4 is 22.7 Å². The molecule has 1 aromatic heterocycles. The number of rotatable bonds is 5. The van der Waals surface area contributed by atoms with E-state index in [9.17, 15) is 9.59 Å². The lowest BCUT2D eigenvalue weighted by molar-refractivity contribution is -0.143. The molecule has 0 aliphatic carbocycles. The minimum absolute atomic E-state index is 0.00984. The molecule has 2 aromatic rings. The quantitative estimate of drug-likeness (QED) is 0.862. The first kappa shape index (κ1) is 18.5. The summed E-state index contributed by atoms with van der Waals surface area (Å²) in [4.78, 5) is 32.6. The van der Waals surface area contributed by atoms with Crippen molar-refractivity contribution in [3.8, 4) is 0 Å². The number of para-hydroxylation sites is 1. The Morgan fingerprint density at radius 3 is 2.27 bits per heavy atom. The van der Waals surface area contributed by atoms with Crippen molar-refractivity contribution in [1.82, 2.24) is 14.8 Å². The SMILES string of the molecule is CCC(CC)(CN)C(=O)N1CCN(C(=O)c2cc3ccccc3[nH]2)CC1. The lowest BCUT2D eigenvalue weighted by atomic mass is 9.81. The van der Waals surface area contributed by atoms with E-state index in [4.69, 9.17) is 5.73 Å². The van der Waals surface area contributed by atoms with E-state index >= 15 is 0 Å². The number of amides is 2. The molecule has 1 aliphatic rings. The molecule has 1 aliphatic heterocycles. The van der Waals surface area contributed by atoms with Crippen LogP contribution in [0.5, 0.6) is 0 Å². The highest BCUT2D eigenvalue weighted by atomic mass is 16.2. The molecule has 0 atom stereocenters. The Bertz CT molecular complexity index is 745. The monoisotopic (exact) mass is 356 g/mol. The van der Waals surface area contributed by atoms with Gasteiger partial charge in [-0.2, -0.15) is 0 Å². The van der Waals surface area contributed by atoms with Crippen LogP contribution >= 0.6 is 0 Å². The summed E-state index contributed by atoms with van der Waals surface area (Å²) in [6, 6.07) is 9.75. The lowest BCUT2D eigenvalue weighted by Gasteiger charge is -2.40. The van der Waals surface area contributed by atoms with Crippen LogP contribution in [0.15, 0.2) is 30.3 Å². The number of nitrogens with two attached hydrogens (primary N) is 1. The minimum atomic E-state index is -0.469. The number of aromatic nitrogens is 1. The summed E-state index contributed by atoms with van der Waals surface area (Å²) in [7, 11) is 0. The first-order chi connectivity index (χ1) is 12.5. The van der Waals surface area contributed by atoms with Gasteiger partial charge in [-0.05, 0) is 25.0 Å². The third-order valence-electron chi connectivity index (χ3n) is 5.81. The van der Waals surface area contributed by atoms with Crippen LogP contribution in [0.4, 0.5) is 0 Å². The van der Waals surface area contributed by atoms with Crippen molar-refractivity contribution in [3.63, 3.8) is 0 Å². The predicted octanol–water partition coefficient (Wildman–Crippen LogP) is 2.22. The van der Waals surface area contributed by atoms with Gasteiger partial charge in [0, 0.05) is 43.6 Å². The first-order valence-corrected chi connectivity index (χ1v) is 9.41. The number of H-pyrrole nitrogens is 1. The van der Waals surface area contributed by atoms with E-state index in [0.29, 0.717) is 38.4 Å². The van der Waals surface area contributed by atoms with Gasteiger partial charge in [-0.3, -0.25) is 9.59 Å². The van der Waals surface area contributed by atoms with Gasteiger partial charge in [-0.1, -0.05) is 32.0 Å². The number of fused-ring (bicyclic) bond motifs is 1. The van der Waals surface area contributed by atoms with Crippen LogP contribution in [0.1, 0.15) is 37.2 Å². The van der Waals surface area contributed by atoms with Crippen molar-refractivity contribution in [2.24, 2.45) is 11.1 Å². The second-order valence-corrected chi connectivity index (χ2v) is 7.05. The maximum atomic E-state index is 12.9. The lowest BCUT2D eigenvalue weighted by Crippen LogP contribution is -2.55. The van der Waals surface area contributed by atoms with E-state index in [1.165, 1.54) is 0 Å². The largest absolute Gasteiger partial charge is 0.351 e. The van der Waals surface area contributed by atoms with Crippen molar-refractivity contribution < 1.29 is 9.59 Å². The molecule has 6 nitrogen and oxygen atoms in total. The fourth-order valence-corrected chi connectivity index (χ4v) is 3.74. The van der Waals surface area contributed by atoms with Gasteiger partial charge in [0.25, 0.3) is 5.91 Å². The van der Waals surface area contributed by atoms with E-state index in [-0.39, 0.29) is 11.8 Å². The molecule has 1 fully saturated rings. The van der Waals surface area contributed by atoms with E-state index in [1.54, 1.807) is 0 Å². The van der Waals surface area contributed by atoms with Crippen LogP contribution < -0.4 is 5.73 Å². The molecule has 0 bridgehead atoms. The molecule has 2 heterocycles. The molecule has 1 saturated heterocycles. The molecule has 3 rings (SSSR count). The molecule has 0 unspecified atom stereocenters. The second kappa shape index (κ2) is 7.50.